The molecule has 3 heterocycles. The number of piperidine rings is 1. The van der Waals surface area contributed by atoms with Gasteiger partial charge in [-0.05, 0) is 40.5 Å². The van der Waals surface area contributed by atoms with Crippen LogP contribution in [0.25, 0.3) is 0 Å². The van der Waals surface area contributed by atoms with E-state index in [9.17, 15) is 4.79 Å². The van der Waals surface area contributed by atoms with Crippen LogP contribution in [0.15, 0.2) is 4.52 Å². The van der Waals surface area contributed by atoms with Crippen LogP contribution >= 0.6 is 0 Å². The Hall–Kier alpha value is -1.40. The lowest BCUT2D eigenvalue weighted by Crippen LogP contribution is -2.57. The van der Waals surface area contributed by atoms with E-state index in [4.69, 9.17) is 9.26 Å². The van der Waals surface area contributed by atoms with Gasteiger partial charge >= 0.3 is 0 Å². The van der Waals surface area contributed by atoms with Gasteiger partial charge in [-0.2, -0.15) is 0 Å². The molecule has 128 valence electrons. The molecule has 0 spiro atoms. The van der Waals surface area contributed by atoms with E-state index in [2.05, 4.69) is 15.4 Å². The van der Waals surface area contributed by atoms with Crippen molar-refractivity contribution in [1.82, 2.24) is 15.4 Å². The molecule has 23 heavy (non-hydrogen) atoms. The van der Waals surface area contributed by atoms with Gasteiger partial charge in [0.1, 0.15) is 5.76 Å². The molecule has 1 aromatic heterocycles. The lowest BCUT2D eigenvalue weighted by atomic mass is 9.75. The predicted molar refractivity (Wildman–Crippen MR) is 85.9 cm³/mol. The van der Waals surface area contributed by atoms with Crippen LogP contribution in [0.2, 0.25) is 0 Å². The van der Waals surface area contributed by atoms with Gasteiger partial charge < -0.3 is 14.6 Å². The molecule has 2 fully saturated rings. The third kappa shape index (κ3) is 3.02. The van der Waals surface area contributed by atoms with Gasteiger partial charge in [-0.25, -0.2) is 0 Å². The van der Waals surface area contributed by atoms with Crippen molar-refractivity contribution in [3.05, 3.63) is 17.0 Å². The minimum absolute atomic E-state index is 0.0437. The molecule has 0 bridgehead atoms. The van der Waals surface area contributed by atoms with E-state index in [-0.39, 0.29) is 18.1 Å². The maximum absolute atomic E-state index is 12.8. The molecule has 2 aliphatic rings. The number of aryl methyl sites for hydroxylation is 2. The van der Waals surface area contributed by atoms with Gasteiger partial charge in [-0.15, -0.1) is 0 Å². The van der Waals surface area contributed by atoms with Crippen LogP contribution in [0.5, 0.6) is 0 Å². The fraction of sp³-hybridized carbons (Fsp3) is 0.765. The molecular weight excluding hydrogens is 294 g/mol. The fourth-order valence-corrected chi connectivity index (χ4v) is 3.85. The average Bonchev–Trinajstić information content (AvgIpc) is 3.05. The van der Waals surface area contributed by atoms with Crippen molar-refractivity contribution in [3.8, 4) is 0 Å². The van der Waals surface area contributed by atoms with Crippen LogP contribution in [-0.4, -0.2) is 47.8 Å². The Labute approximate surface area is 137 Å². The lowest BCUT2D eigenvalue weighted by Gasteiger charge is -2.42. The Kier molecular flexibility index (Phi) is 4.47. The average molecular weight is 321 g/mol. The molecule has 0 saturated carbocycles. The highest BCUT2D eigenvalue weighted by Gasteiger charge is 2.53. The largest absolute Gasteiger partial charge is 0.377 e. The Bertz CT molecular complexity index is 564. The quantitative estimate of drug-likeness (QED) is 0.916. The number of amides is 1. The van der Waals surface area contributed by atoms with E-state index in [0.29, 0.717) is 6.61 Å². The molecule has 0 unspecified atom stereocenters. The fourth-order valence-electron chi connectivity index (χ4n) is 3.85. The number of nitrogens with one attached hydrogen (secondary N) is 1. The van der Waals surface area contributed by atoms with Crippen molar-refractivity contribution in [1.29, 1.82) is 0 Å². The standard InChI is InChI=1S/C17H27N3O3/c1-11(2)18-16(21)17-6-8-22-15(17)5-7-20(10-17)9-14-12(3)19-23-13(14)4/h11,15H,5-10H2,1-4H3,(H,18,21)/t15-,17-/m0/s1. The molecule has 1 amide bonds. The summed E-state index contributed by atoms with van der Waals surface area (Å²) in [6.07, 6.45) is 1.74. The minimum atomic E-state index is -0.415. The molecule has 1 N–H and O–H groups in total. The molecule has 1 aromatic rings. The van der Waals surface area contributed by atoms with E-state index in [1.165, 1.54) is 0 Å². The zero-order valence-electron chi connectivity index (χ0n) is 14.5. The highest BCUT2D eigenvalue weighted by Crippen LogP contribution is 2.41. The lowest BCUT2D eigenvalue weighted by molar-refractivity contribution is -0.140. The van der Waals surface area contributed by atoms with Crippen LogP contribution in [-0.2, 0) is 16.1 Å². The topological polar surface area (TPSA) is 67.6 Å². The summed E-state index contributed by atoms with van der Waals surface area (Å²) in [5.74, 6) is 1.01. The highest BCUT2D eigenvalue weighted by molar-refractivity contribution is 5.84. The third-order valence-electron chi connectivity index (χ3n) is 5.13. The van der Waals surface area contributed by atoms with Crippen molar-refractivity contribution in [2.75, 3.05) is 19.7 Å². The number of rotatable bonds is 4. The summed E-state index contributed by atoms with van der Waals surface area (Å²) in [7, 11) is 0. The Morgan fingerprint density at radius 1 is 1.48 bits per heavy atom. The van der Waals surface area contributed by atoms with Gasteiger partial charge in [0.05, 0.1) is 17.2 Å². The third-order valence-corrected chi connectivity index (χ3v) is 5.13. The number of carbonyl (C=O) groups excluding carboxylic acids is 1. The van der Waals surface area contributed by atoms with Crippen LogP contribution in [0.4, 0.5) is 0 Å². The molecule has 3 rings (SSSR count). The summed E-state index contributed by atoms with van der Waals surface area (Å²) < 4.78 is 11.1. The number of aromatic nitrogens is 1. The second kappa shape index (κ2) is 6.24. The Morgan fingerprint density at radius 2 is 2.26 bits per heavy atom. The van der Waals surface area contributed by atoms with E-state index >= 15 is 0 Å². The monoisotopic (exact) mass is 321 g/mol. The smallest absolute Gasteiger partial charge is 0.230 e. The number of carbonyl (C=O) groups is 1. The van der Waals surface area contributed by atoms with Crippen molar-refractivity contribution < 1.29 is 14.1 Å². The van der Waals surface area contributed by atoms with Gasteiger partial charge in [-0.3, -0.25) is 9.69 Å². The van der Waals surface area contributed by atoms with Gasteiger partial charge in [0.2, 0.25) is 5.91 Å². The van der Waals surface area contributed by atoms with Gasteiger partial charge in [0.15, 0.2) is 0 Å². The van der Waals surface area contributed by atoms with Crippen LogP contribution in [0, 0.1) is 19.3 Å². The maximum atomic E-state index is 12.8. The number of hydrogen-bond acceptors (Lipinski definition) is 5. The summed E-state index contributed by atoms with van der Waals surface area (Å²) in [4.78, 5) is 15.2. The maximum Gasteiger partial charge on any atom is 0.230 e. The summed E-state index contributed by atoms with van der Waals surface area (Å²) in [5.41, 5.74) is 1.66. The van der Waals surface area contributed by atoms with Gasteiger partial charge in [0.25, 0.3) is 0 Å². The first-order valence-corrected chi connectivity index (χ1v) is 8.49. The molecule has 6 nitrogen and oxygen atoms in total. The second-order valence-corrected chi connectivity index (χ2v) is 7.20. The number of fused-ring (bicyclic) bond motifs is 1. The summed E-state index contributed by atoms with van der Waals surface area (Å²) in [6, 6.07) is 0.149. The highest BCUT2D eigenvalue weighted by atomic mass is 16.5. The van der Waals surface area contributed by atoms with Crippen molar-refractivity contribution in [2.45, 2.75) is 59.2 Å². The van der Waals surface area contributed by atoms with Crippen molar-refractivity contribution in [2.24, 2.45) is 5.41 Å². The summed E-state index contributed by atoms with van der Waals surface area (Å²) in [6.45, 7) is 11.1. The van der Waals surface area contributed by atoms with E-state index in [0.717, 1.165) is 49.5 Å². The van der Waals surface area contributed by atoms with Crippen LogP contribution in [0.1, 0.15) is 43.7 Å². The van der Waals surface area contributed by atoms with E-state index in [1.54, 1.807) is 0 Å². The van der Waals surface area contributed by atoms with Crippen molar-refractivity contribution in [3.63, 3.8) is 0 Å². The molecular formula is C17H27N3O3. The molecule has 0 radical (unpaired) electrons. The van der Waals surface area contributed by atoms with Crippen LogP contribution in [0.3, 0.4) is 0 Å². The van der Waals surface area contributed by atoms with E-state index in [1.807, 2.05) is 27.7 Å². The SMILES string of the molecule is Cc1noc(C)c1CN1CC[C@@H]2OCC[C@]2(C(=O)NC(C)C)C1. The normalized spacial score (nSPS) is 28.1. The number of hydrogen-bond donors (Lipinski definition) is 1. The molecule has 2 atom stereocenters. The van der Waals surface area contributed by atoms with Crippen molar-refractivity contribution >= 4 is 5.91 Å². The van der Waals surface area contributed by atoms with E-state index < -0.39 is 5.41 Å². The van der Waals surface area contributed by atoms with Gasteiger partial charge in [-0.1, -0.05) is 5.16 Å². The zero-order valence-corrected chi connectivity index (χ0v) is 14.5. The van der Waals surface area contributed by atoms with Crippen LogP contribution < -0.4 is 5.32 Å². The molecule has 6 heteroatoms. The minimum Gasteiger partial charge on any atom is -0.377 e. The molecule has 2 aliphatic heterocycles. The number of nitrogens with zero attached hydrogens (tertiary/aromatic N) is 2. The summed E-state index contributed by atoms with van der Waals surface area (Å²) >= 11 is 0. The first-order valence-electron chi connectivity index (χ1n) is 8.49. The summed E-state index contributed by atoms with van der Waals surface area (Å²) in [5, 5.41) is 7.13. The molecule has 2 saturated heterocycles. The number of ether oxygens (including phenoxy) is 1. The first kappa shape index (κ1) is 16.5. The second-order valence-electron chi connectivity index (χ2n) is 7.20. The predicted octanol–water partition coefficient (Wildman–Crippen LogP) is 1.80. The molecule has 0 aromatic carbocycles. The molecule has 0 aliphatic carbocycles. The van der Waals surface area contributed by atoms with Gasteiger partial charge in [0, 0.05) is 37.8 Å². The first-order chi connectivity index (χ1) is 10.9. The number of likely N-dealkylation sites (tertiary alicyclic amines) is 1. The Balaban J connectivity index is 1.77. The Morgan fingerprint density at radius 3 is 2.91 bits per heavy atom. The zero-order chi connectivity index (χ0) is 16.6.